The maximum atomic E-state index is 5.77. The summed E-state index contributed by atoms with van der Waals surface area (Å²) < 4.78 is 7.11. The third-order valence-corrected chi connectivity index (χ3v) is 3.28. The van der Waals surface area contributed by atoms with Crippen LogP contribution in [0.3, 0.4) is 0 Å². The second-order valence-electron chi connectivity index (χ2n) is 4.56. The summed E-state index contributed by atoms with van der Waals surface area (Å²) in [4.78, 5) is 0. The molecular formula is C13H20N6O. The van der Waals surface area contributed by atoms with Crippen molar-refractivity contribution in [2.75, 3.05) is 7.11 Å². The molecule has 0 spiro atoms. The van der Waals surface area contributed by atoms with Gasteiger partial charge in [-0.2, -0.15) is 15.3 Å². The van der Waals surface area contributed by atoms with Crippen molar-refractivity contribution in [3.8, 4) is 5.75 Å². The van der Waals surface area contributed by atoms with Crippen LogP contribution in [0.5, 0.6) is 5.75 Å². The summed E-state index contributed by atoms with van der Waals surface area (Å²) >= 11 is 0. The molecular weight excluding hydrogens is 256 g/mol. The highest BCUT2D eigenvalue weighted by molar-refractivity contribution is 5.38. The number of ether oxygens (including phenoxy) is 1. The number of nitrogens with two attached hydrogens (primary N) is 1. The molecule has 0 radical (unpaired) electrons. The van der Waals surface area contributed by atoms with Crippen LogP contribution >= 0.6 is 0 Å². The van der Waals surface area contributed by atoms with E-state index in [1.54, 1.807) is 18.0 Å². The van der Waals surface area contributed by atoms with Crippen LogP contribution in [0.2, 0.25) is 0 Å². The topological polar surface area (TPSA) is 90.9 Å². The minimum Gasteiger partial charge on any atom is -0.493 e. The van der Waals surface area contributed by atoms with Crippen molar-refractivity contribution in [1.82, 2.24) is 25.4 Å². The van der Waals surface area contributed by atoms with E-state index in [1.807, 2.05) is 27.0 Å². The Morgan fingerprint density at radius 1 is 1.45 bits per heavy atom. The number of methoxy groups -OCH3 is 1. The van der Waals surface area contributed by atoms with E-state index in [9.17, 15) is 0 Å². The molecule has 0 aliphatic carbocycles. The summed E-state index contributed by atoms with van der Waals surface area (Å²) in [5.74, 6) is 6.45. The first-order chi connectivity index (χ1) is 9.62. The zero-order chi connectivity index (χ0) is 14.7. The average molecular weight is 276 g/mol. The van der Waals surface area contributed by atoms with Gasteiger partial charge in [0, 0.05) is 12.6 Å². The van der Waals surface area contributed by atoms with E-state index in [0.29, 0.717) is 5.75 Å². The number of aryl methyl sites for hydroxylation is 3. The van der Waals surface area contributed by atoms with Gasteiger partial charge in [-0.3, -0.25) is 10.5 Å². The van der Waals surface area contributed by atoms with Crippen molar-refractivity contribution < 1.29 is 4.74 Å². The molecule has 0 aliphatic heterocycles. The van der Waals surface area contributed by atoms with Gasteiger partial charge in [0.25, 0.3) is 0 Å². The fourth-order valence-electron chi connectivity index (χ4n) is 2.29. The first-order valence-electron chi connectivity index (χ1n) is 6.47. The number of hydrogen-bond donors (Lipinski definition) is 2. The van der Waals surface area contributed by atoms with Gasteiger partial charge < -0.3 is 4.74 Å². The van der Waals surface area contributed by atoms with E-state index in [-0.39, 0.29) is 6.04 Å². The molecule has 0 saturated carbocycles. The quantitative estimate of drug-likeness (QED) is 0.615. The number of nitrogens with one attached hydrogen (secondary N) is 1. The monoisotopic (exact) mass is 276 g/mol. The molecule has 2 rings (SSSR count). The summed E-state index contributed by atoms with van der Waals surface area (Å²) in [6.07, 6.45) is 2.45. The second kappa shape index (κ2) is 5.98. The molecule has 1 unspecified atom stereocenters. The number of rotatable bonds is 5. The molecule has 3 N–H and O–H groups in total. The predicted molar refractivity (Wildman–Crippen MR) is 75.1 cm³/mol. The van der Waals surface area contributed by atoms with Gasteiger partial charge >= 0.3 is 0 Å². The van der Waals surface area contributed by atoms with Gasteiger partial charge in [0.1, 0.15) is 5.69 Å². The van der Waals surface area contributed by atoms with Gasteiger partial charge in [0.05, 0.1) is 30.7 Å². The number of hydrazine groups is 1. The van der Waals surface area contributed by atoms with Crippen molar-refractivity contribution in [1.29, 1.82) is 0 Å². The third-order valence-electron chi connectivity index (χ3n) is 3.28. The molecule has 7 nitrogen and oxygen atoms in total. The lowest BCUT2D eigenvalue weighted by atomic mass is 10.0. The van der Waals surface area contributed by atoms with Crippen LogP contribution < -0.4 is 16.0 Å². The Morgan fingerprint density at radius 2 is 2.20 bits per heavy atom. The molecule has 108 valence electrons. The molecule has 1 atom stereocenters. The highest BCUT2D eigenvalue weighted by Crippen LogP contribution is 2.30. The lowest BCUT2D eigenvalue weighted by Crippen LogP contribution is -2.32. The molecule has 2 aromatic heterocycles. The minimum atomic E-state index is -0.249. The van der Waals surface area contributed by atoms with Crippen LogP contribution in [0.1, 0.15) is 35.6 Å². The molecule has 0 aromatic carbocycles. The summed E-state index contributed by atoms with van der Waals surface area (Å²) in [6.45, 7) is 3.95. The van der Waals surface area contributed by atoms with E-state index in [2.05, 4.69) is 20.7 Å². The normalized spacial score (nSPS) is 12.4. The minimum absolute atomic E-state index is 0.249. The summed E-state index contributed by atoms with van der Waals surface area (Å²) in [6, 6.07) is 1.74. The smallest absolute Gasteiger partial charge is 0.161 e. The molecule has 20 heavy (non-hydrogen) atoms. The summed E-state index contributed by atoms with van der Waals surface area (Å²) in [7, 11) is 3.47. The SMILES string of the molecule is CCc1nnc(C)cc1C(NN)c1c(OC)cnn1C. The first kappa shape index (κ1) is 14.4. The number of nitrogens with zero attached hydrogens (tertiary/aromatic N) is 4. The molecule has 7 heteroatoms. The average Bonchev–Trinajstić information content (AvgIpc) is 2.82. The van der Waals surface area contributed by atoms with Crippen LogP contribution in [0.4, 0.5) is 0 Å². The second-order valence-corrected chi connectivity index (χ2v) is 4.56. The van der Waals surface area contributed by atoms with Gasteiger partial charge in [-0.15, -0.1) is 0 Å². The van der Waals surface area contributed by atoms with Gasteiger partial charge in [-0.1, -0.05) is 6.92 Å². The molecule has 2 heterocycles. The van der Waals surface area contributed by atoms with Crippen LogP contribution in [0.15, 0.2) is 12.3 Å². The van der Waals surface area contributed by atoms with Crippen molar-refractivity contribution in [3.05, 3.63) is 34.9 Å². The lowest BCUT2D eigenvalue weighted by Gasteiger charge is -2.20. The van der Waals surface area contributed by atoms with E-state index in [4.69, 9.17) is 10.6 Å². The largest absolute Gasteiger partial charge is 0.493 e. The zero-order valence-corrected chi connectivity index (χ0v) is 12.2. The Kier molecular flexibility index (Phi) is 4.31. The third kappa shape index (κ3) is 2.50. The van der Waals surface area contributed by atoms with Gasteiger partial charge in [0.15, 0.2) is 5.75 Å². The Bertz CT molecular complexity index is 595. The standard InChI is InChI=1S/C13H20N6O/c1-5-10-9(6-8(2)17-18-10)12(16-14)13-11(20-4)7-15-19(13)3/h6-7,12,16H,5,14H2,1-4H3. The van der Waals surface area contributed by atoms with E-state index < -0.39 is 0 Å². The van der Waals surface area contributed by atoms with Gasteiger partial charge in [-0.25, -0.2) is 5.43 Å². The van der Waals surface area contributed by atoms with E-state index in [0.717, 1.165) is 29.1 Å². The van der Waals surface area contributed by atoms with Crippen molar-refractivity contribution >= 4 is 0 Å². The zero-order valence-electron chi connectivity index (χ0n) is 12.2. The lowest BCUT2D eigenvalue weighted by molar-refractivity contribution is 0.400. The number of hydrogen-bond acceptors (Lipinski definition) is 6. The maximum absolute atomic E-state index is 5.77. The predicted octanol–water partition coefficient (Wildman–Crippen LogP) is 0.642. The van der Waals surface area contributed by atoms with Gasteiger partial charge in [0.2, 0.25) is 0 Å². The molecule has 0 saturated heterocycles. The van der Waals surface area contributed by atoms with Gasteiger partial charge in [-0.05, 0) is 19.4 Å². The van der Waals surface area contributed by atoms with Crippen LogP contribution in [-0.4, -0.2) is 27.1 Å². The fourth-order valence-corrected chi connectivity index (χ4v) is 2.29. The highest BCUT2D eigenvalue weighted by atomic mass is 16.5. The molecule has 0 bridgehead atoms. The van der Waals surface area contributed by atoms with Crippen LogP contribution in [-0.2, 0) is 13.5 Å². The Hall–Kier alpha value is -1.99. The Morgan fingerprint density at radius 3 is 2.80 bits per heavy atom. The Labute approximate surface area is 118 Å². The molecule has 0 fully saturated rings. The highest BCUT2D eigenvalue weighted by Gasteiger charge is 2.24. The van der Waals surface area contributed by atoms with E-state index in [1.165, 1.54) is 0 Å². The molecule has 2 aromatic rings. The molecule has 0 amide bonds. The van der Waals surface area contributed by atoms with Crippen molar-refractivity contribution in [2.24, 2.45) is 12.9 Å². The number of aromatic nitrogens is 4. The Balaban J connectivity index is 2.57. The van der Waals surface area contributed by atoms with Crippen LogP contribution in [0, 0.1) is 6.92 Å². The summed E-state index contributed by atoms with van der Waals surface area (Å²) in [5, 5.41) is 12.6. The van der Waals surface area contributed by atoms with Crippen LogP contribution in [0.25, 0.3) is 0 Å². The fraction of sp³-hybridized carbons (Fsp3) is 0.462. The molecule has 0 aliphatic rings. The maximum Gasteiger partial charge on any atom is 0.161 e. The van der Waals surface area contributed by atoms with Crippen molar-refractivity contribution in [3.63, 3.8) is 0 Å². The van der Waals surface area contributed by atoms with E-state index >= 15 is 0 Å². The first-order valence-corrected chi connectivity index (χ1v) is 6.47. The van der Waals surface area contributed by atoms with Crippen molar-refractivity contribution in [2.45, 2.75) is 26.3 Å². The summed E-state index contributed by atoms with van der Waals surface area (Å²) in [5.41, 5.74) is 6.43.